The summed E-state index contributed by atoms with van der Waals surface area (Å²) in [5.74, 6) is -1.83. The molecular formula is C28H33F4NO5. The number of carbonyl (C=O) groups excluding carboxylic acids is 1. The lowest BCUT2D eigenvalue weighted by Gasteiger charge is -2.43. The molecule has 1 aliphatic carbocycles. The van der Waals surface area contributed by atoms with Gasteiger partial charge in [-0.1, -0.05) is 30.3 Å². The molecule has 1 saturated carbocycles. The molecule has 2 aromatic carbocycles. The van der Waals surface area contributed by atoms with E-state index in [2.05, 4.69) is 5.32 Å². The van der Waals surface area contributed by atoms with Crippen LogP contribution < -0.4 is 5.32 Å². The molecule has 2 aromatic rings. The molecule has 4 rings (SSSR count). The Morgan fingerprint density at radius 1 is 1.08 bits per heavy atom. The molecule has 0 aromatic heterocycles. The van der Waals surface area contributed by atoms with E-state index in [-0.39, 0.29) is 37.7 Å². The first-order valence-corrected chi connectivity index (χ1v) is 12.6. The van der Waals surface area contributed by atoms with Gasteiger partial charge in [0, 0.05) is 24.4 Å². The largest absolute Gasteiger partial charge is 0.416 e. The third-order valence-corrected chi connectivity index (χ3v) is 6.66. The van der Waals surface area contributed by atoms with Crippen LogP contribution in [0.1, 0.15) is 57.2 Å². The van der Waals surface area contributed by atoms with E-state index in [1.165, 1.54) is 12.1 Å². The Labute approximate surface area is 219 Å². The minimum Gasteiger partial charge on any atom is -0.371 e. The summed E-state index contributed by atoms with van der Waals surface area (Å²) in [7, 11) is 0. The molecule has 208 valence electrons. The van der Waals surface area contributed by atoms with Crippen molar-refractivity contribution in [3.05, 3.63) is 71.0 Å². The number of hydrogen-bond acceptors (Lipinski definition) is 5. The Hall–Kier alpha value is -2.53. The quantitative estimate of drug-likeness (QED) is 0.448. The summed E-state index contributed by atoms with van der Waals surface area (Å²) >= 11 is 0. The van der Waals surface area contributed by atoms with Crippen LogP contribution >= 0.6 is 0 Å². The molecule has 4 atom stereocenters. The first-order valence-electron chi connectivity index (χ1n) is 12.6. The molecule has 0 radical (unpaired) electrons. The van der Waals surface area contributed by atoms with Crippen molar-refractivity contribution < 1.29 is 41.3 Å². The molecule has 1 saturated heterocycles. The number of nitrogens with one attached hydrogen (secondary N) is 1. The van der Waals surface area contributed by atoms with Crippen LogP contribution in [0.3, 0.4) is 0 Å². The molecule has 0 unspecified atom stereocenters. The van der Waals surface area contributed by atoms with Gasteiger partial charge in [-0.25, -0.2) is 4.39 Å². The Balaban J connectivity index is 1.62. The topological polar surface area (TPSA) is 66.0 Å². The van der Waals surface area contributed by atoms with Crippen molar-refractivity contribution in [1.29, 1.82) is 0 Å². The SMILES string of the molecule is CC(C)NC(=O)[C@@]1(OCc2ccccc2F)C[C@@H](OCc2cccc(C(F)(F)F)c2)[C@@H]2OC(C)(C)O[C@@H]2C1. The second-order valence-electron chi connectivity index (χ2n) is 10.6. The van der Waals surface area contributed by atoms with E-state index in [0.717, 1.165) is 12.1 Å². The maximum atomic E-state index is 14.4. The number of alkyl halides is 3. The number of ether oxygens (including phenoxy) is 4. The lowest BCUT2D eigenvalue weighted by molar-refractivity contribution is -0.184. The van der Waals surface area contributed by atoms with Gasteiger partial charge in [0.25, 0.3) is 5.91 Å². The fraction of sp³-hybridized carbons (Fsp3) is 0.536. The molecular weight excluding hydrogens is 506 g/mol. The standard InChI is InChI=1S/C28H33F4NO5/c1-17(2)33-25(34)27(36-16-19-9-5-6-11-21(19)29)13-22(24-23(14-27)37-26(3,4)38-24)35-15-18-8-7-10-20(12-18)28(30,31)32/h5-12,17,22-24H,13-16H2,1-4H3,(H,33,34)/t22-,23-,24+,27-/m1/s1. The zero-order valence-electron chi connectivity index (χ0n) is 21.8. The van der Waals surface area contributed by atoms with E-state index < -0.39 is 53.2 Å². The van der Waals surface area contributed by atoms with Crippen LogP contribution in [0.4, 0.5) is 17.6 Å². The fourth-order valence-electron chi connectivity index (χ4n) is 4.97. The normalized spacial score (nSPS) is 26.8. The molecule has 38 heavy (non-hydrogen) atoms. The average Bonchev–Trinajstić information content (AvgIpc) is 3.15. The Kier molecular flexibility index (Phi) is 8.18. The Morgan fingerprint density at radius 2 is 1.82 bits per heavy atom. The van der Waals surface area contributed by atoms with Crippen LogP contribution in [-0.4, -0.2) is 41.6 Å². The minimum absolute atomic E-state index is 0.0412. The van der Waals surface area contributed by atoms with Crippen molar-refractivity contribution in [3.63, 3.8) is 0 Å². The van der Waals surface area contributed by atoms with E-state index in [1.807, 2.05) is 13.8 Å². The third kappa shape index (κ3) is 6.54. The summed E-state index contributed by atoms with van der Waals surface area (Å²) in [4.78, 5) is 13.6. The maximum Gasteiger partial charge on any atom is 0.416 e. The average molecular weight is 540 g/mol. The molecule has 2 fully saturated rings. The van der Waals surface area contributed by atoms with Gasteiger partial charge < -0.3 is 24.3 Å². The Bertz CT molecular complexity index is 1140. The maximum absolute atomic E-state index is 14.4. The van der Waals surface area contributed by atoms with Crippen molar-refractivity contribution in [3.8, 4) is 0 Å². The van der Waals surface area contributed by atoms with E-state index in [0.29, 0.717) is 5.56 Å². The summed E-state index contributed by atoms with van der Waals surface area (Å²) in [5, 5.41) is 2.89. The van der Waals surface area contributed by atoms with Gasteiger partial charge in [-0.15, -0.1) is 0 Å². The summed E-state index contributed by atoms with van der Waals surface area (Å²) in [6, 6.07) is 10.8. The van der Waals surface area contributed by atoms with Crippen LogP contribution in [0.2, 0.25) is 0 Å². The predicted molar refractivity (Wildman–Crippen MR) is 130 cm³/mol. The number of benzene rings is 2. The van der Waals surface area contributed by atoms with E-state index in [4.69, 9.17) is 18.9 Å². The third-order valence-electron chi connectivity index (χ3n) is 6.66. The highest BCUT2D eigenvalue weighted by Crippen LogP contribution is 2.44. The van der Waals surface area contributed by atoms with Crippen molar-refractivity contribution in [2.45, 2.75) is 95.7 Å². The van der Waals surface area contributed by atoms with Crippen molar-refractivity contribution in [2.75, 3.05) is 0 Å². The molecule has 2 aliphatic rings. The molecule has 10 heteroatoms. The van der Waals surface area contributed by atoms with Crippen molar-refractivity contribution in [1.82, 2.24) is 5.32 Å². The second-order valence-corrected chi connectivity index (χ2v) is 10.6. The smallest absolute Gasteiger partial charge is 0.371 e. The fourth-order valence-corrected chi connectivity index (χ4v) is 4.97. The summed E-state index contributed by atoms with van der Waals surface area (Å²) < 4.78 is 78.5. The lowest BCUT2D eigenvalue weighted by Crippen LogP contribution is -2.60. The predicted octanol–water partition coefficient (Wildman–Crippen LogP) is 5.52. The number of hydrogen-bond donors (Lipinski definition) is 1. The van der Waals surface area contributed by atoms with Crippen LogP contribution in [0.5, 0.6) is 0 Å². The first-order chi connectivity index (χ1) is 17.8. The van der Waals surface area contributed by atoms with Gasteiger partial charge in [0.1, 0.15) is 11.9 Å². The van der Waals surface area contributed by atoms with Gasteiger partial charge in [0.05, 0.1) is 31.0 Å². The van der Waals surface area contributed by atoms with Crippen LogP contribution in [-0.2, 0) is 43.1 Å². The zero-order valence-corrected chi connectivity index (χ0v) is 21.8. The molecule has 0 spiro atoms. The highest BCUT2D eigenvalue weighted by atomic mass is 19.4. The number of carbonyl (C=O) groups is 1. The minimum atomic E-state index is -4.48. The first kappa shape index (κ1) is 28.5. The highest BCUT2D eigenvalue weighted by molar-refractivity contribution is 5.85. The highest BCUT2D eigenvalue weighted by Gasteiger charge is 2.58. The van der Waals surface area contributed by atoms with Gasteiger partial charge in [0.2, 0.25) is 0 Å². The van der Waals surface area contributed by atoms with Crippen LogP contribution in [0.15, 0.2) is 48.5 Å². The van der Waals surface area contributed by atoms with E-state index in [9.17, 15) is 22.4 Å². The monoisotopic (exact) mass is 539 g/mol. The van der Waals surface area contributed by atoms with E-state index in [1.54, 1.807) is 38.1 Å². The van der Waals surface area contributed by atoms with Gasteiger partial charge in [-0.3, -0.25) is 4.79 Å². The van der Waals surface area contributed by atoms with Crippen LogP contribution in [0, 0.1) is 5.82 Å². The molecule has 1 aliphatic heterocycles. The van der Waals surface area contributed by atoms with Gasteiger partial charge in [0.15, 0.2) is 11.4 Å². The lowest BCUT2D eigenvalue weighted by atomic mass is 9.78. The molecule has 1 amide bonds. The summed E-state index contributed by atoms with van der Waals surface area (Å²) in [5.41, 5.74) is -1.61. The Morgan fingerprint density at radius 3 is 2.50 bits per heavy atom. The van der Waals surface area contributed by atoms with Crippen molar-refractivity contribution >= 4 is 5.91 Å². The zero-order chi connectivity index (χ0) is 27.7. The summed E-state index contributed by atoms with van der Waals surface area (Å²) in [6.45, 7) is 6.80. The van der Waals surface area contributed by atoms with Gasteiger partial charge in [-0.05, 0) is 51.5 Å². The number of rotatable bonds is 8. The second kappa shape index (κ2) is 10.9. The van der Waals surface area contributed by atoms with Crippen LogP contribution in [0.25, 0.3) is 0 Å². The molecule has 1 N–H and O–H groups in total. The van der Waals surface area contributed by atoms with Gasteiger partial charge >= 0.3 is 6.18 Å². The molecule has 1 heterocycles. The molecule has 0 bridgehead atoms. The summed E-state index contributed by atoms with van der Waals surface area (Å²) in [6.07, 6.45) is -6.22. The molecule has 6 nitrogen and oxygen atoms in total. The number of fused-ring (bicyclic) bond motifs is 1. The van der Waals surface area contributed by atoms with Gasteiger partial charge in [-0.2, -0.15) is 13.2 Å². The number of halogens is 4. The van der Waals surface area contributed by atoms with Crippen molar-refractivity contribution in [2.24, 2.45) is 0 Å². The number of amides is 1. The van der Waals surface area contributed by atoms with E-state index >= 15 is 0 Å².